The Kier molecular flexibility index (Phi) is 4.05. The van der Waals surface area contributed by atoms with Crippen LogP contribution >= 0.6 is 15.9 Å². The first-order valence-electron chi connectivity index (χ1n) is 5.39. The van der Waals surface area contributed by atoms with Gasteiger partial charge in [0.1, 0.15) is 5.82 Å². The number of hydrogen-bond acceptors (Lipinski definition) is 1. The molecular formula is C15H10BrFO. The molecule has 2 aromatic carbocycles. The van der Waals surface area contributed by atoms with Crippen LogP contribution in [0, 0.1) is 5.82 Å². The van der Waals surface area contributed by atoms with Gasteiger partial charge < -0.3 is 0 Å². The zero-order chi connectivity index (χ0) is 13.0. The molecule has 3 heteroatoms. The second kappa shape index (κ2) is 5.74. The summed E-state index contributed by atoms with van der Waals surface area (Å²) in [6.45, 7) is 0. The third kappa shape index (κ3) is 3.14. The maximum Gasteiger partial charge on any atom is 0.185 e. The Labute approximate surface area is 113 Å². The van der Waals surface area contributed by atoms with Crippen LogP contribution in [0.5, 0.6) is 0 Å². The molecule has 0 heterocycles. The number of allylic oxidation sites excluding steroid dienone is 1. The Balaban J connectivity index is 2.17. The standard InChI is InChI=1S/C15H10BrFO/c16-13-8-5-12(6-9-13)15(18)10-7-11-3-1-2-4-14(11)17/h1-10H/b10-7-. The Morgan fingerprint density at radius 2 is 1.72 bits per heavy atom. The molecule has 0 aliphatic rings. The first-order valence-corrected chi connectivity index (χ1v) is 6.18. The van der Waals surface area contributed by atoms with Gasteiger partial charge in [0.2, 0.25) is 0 Å². The van der Waals surface area contributed by atoms with E-state index in [1.54, 1.807) is 42.5 Å². The Hall–Kier alpha value is -1.74. The van der Waals surface area contributed by atoms with Crippen molar-refractivity contribution in [2.75, 3.05) is 0 Å². The van der Waals surface area contributed by atoms with E-state index in [2.05, 4.69) is 15.9 Å². The van der Waals surface area contributed by atoms with Gasteiger partial charge in [-0.25, -0.2) is 4.39 Å². The van der Waals surface area contributed by atoms with Crippen molar-refractivity contribution in [2.24, 2.45) is 0 Å². The van der Waals surface area contributed by atoms with E-state index in [1.807, 2.05) is 0 Å². The molecule has 0 saturated heterocycles. The molecule has 2 rings (SSSR count). The van der Waals surface area contributed by atoms with E-state index >= 15 is 0 Å². The van der Waals surface area contributed by atoms with E-state index in [1.165, 1.54) is 18.2 Å². The van der Waals surface area contributed by atoms with Crippen molar-refractivity contribution < 1.29 is 9.18 Å². The van der Waals surface area contributed by atoms with Gasteiger partial charge in [-0.3, -0.25) is 4.79 Å². The lowest BCUT2D eigenvalue weighted by atomic mass is 10.1. The third-order valence-corrected chi connectivity index (χ3v) is 2.98. The van der Waals surface area contributed by atoms with Gasteiger partial charge in [0.05, 0.1) is 0 Å². The van der Waals surface area contributed by atoms with Crippen LogP contribution in [-0.2, 0) is 0 Å². The number of ketones is 1. The average Bonchev–Trinajstić information content (AvgIpc) is 2.38. The summed E-state index contributed by atoms with van der Waals surface area (Å²) in [5, 5.41) is 0. The quantitative estimate of drug-likeness (QED) is 0.603. The molecular weight excluding hydrogens is 295 g/mol. The van der Waals surface area contributed by atoms with Crippen LogP contribution in [0.2, 0.25) is 0 Å². The maximum atomic E-state index is 13.3. The lowest BCUT2D eigenvalue weighted by Crippen LogP contribution is -1.93. The van der Waals surface area contributed by atoms with E-state index in [-0.39, 0.29) is 11.6 Å². The molecule has 0 amide bonds. The largest absolute Gasteiger partial charge is 0.289 e. The summed E-state index contributed by atoms with van der Waals surface area (Å²) < 4.78 is 14.2. The van der Waals surface area contributed by atoms with E-state index in [0.717, 1.165) is 4.47 Å². The van der Waals surface area contributed by atoms with Crippen molar-refractivity contribution in [3.05, 3.63) is 76.0 Å². The summed E-state index contributed by atoms with van der Waals surface area (Å²) in [4.78, 5) is 11.8. The van der Waals surface area contributed by atoms with Gasteiger partial charge in [-0.1, -0.05) is 34.1 Å². The lowest BCUT2D eigenvalue weighted by Gasteiger charge is -1.97. The van der Waals surface area contributed by atoms with Crippen molar-refractivity contribution in [3.63, 3.8) is 0 Å². The molecule has 0 N–H and O–H groups in total. The molecule has 0 atom stereocenters. The molecule has 0 aliphatic heterocycles. The van der Waals surface area contributed by atoms with E-state index < -0.39 is 0 Å². The highest BCUT2D eigenvalue weighted by atomic mass is 79.9. The zero-order valence-corrected chi connectivity index (χ0v) is 11.0. The van der Waals surface area contributed by atoms with Crippen LogP contribution < -0.4 is 0 Å². The van der Waals surface area contributed by atoms with Crippen molar-refractivity contribution in [1.29, 1.82) is 0 Å². The minimum atomic E-state index is -0.336. The Bertz CT molecular complexity index is 588. The molecule has 90 valence electrons. The second-order valence-electron chi connectivity index (χ2n) is 3.73. The second-order valence-corrected chi connectivity index (χ2v) is 4.64. The molecule has 0 aliphatic carbocycles. The van der Waals surface area contributed by atoms with Gasteiger partial charge in [-0.2, -0.15) is 0 Å². The highest BCUT2D eigenvalue weighted by Crippen LogP contribution is 2.13. The van der Waals surface area contributed by atoms with Gasteiger partial charge in [0.25, 0.3) is 0 Å². The zero-order valence-electron chi connectivity index (χ0n) is 9.44. The number of halogens is 2. The van der Waals surface area contributed by atoms with Crippen LogP contribution in [-0.4, -0.2) is 5.78 Å². The van der Waals surface area contributed by atoms with Gasteiger partial charge >= 0.3 is 0 Å². The third-order valence-electron chi connectivity index (χ3n) is 2.45. The normalized spacial score (nSPS) is 10.8. The van der Waals surface area contributed by atoms with Crippen LogP contribution in [0.15, 0.2) is 59.1 Å². The predicted molar refractivity (Wildman–Crippen MR) is 73.9 cm³/mol. The number of hydrogen-bond donors (Lipinski definition) is 0. The summed E-state index contributed by atoms with van der Waals surface area (Å²) in [6, 6.07) is 13.4. The number of rotatable bonds is 3. The van der Waals surface area contributed by atoms with Crippen LogP contribution in [0.25, 0.3) is 6.08 Å². The Morgan fingerprint density at radius 3 is 2.39 bits per heavy atom. The number of benzene rings is 2. The molecule has 0 spiro atoms. The fraction of sp³-hybridized carbons (Fsp3) is 0. The van der Waals surface area contributed by atoms with Crippen LogP contribution in [0.3, 0.4) is 0 Å². The molecule has 0 bridgehead atoms. The predicted octanol–water partition coefficient (Wildman–Crippen LogP) is 4.48. The molecule has 0 unspecified atom stereocenters. The molecule has 18 heavy (non-hydrogen) atoms. The van der Waals surface area contributed by atoms with Gasteiger partial charge in [-0.15, -0.1) is 0 Å². The number of carbonyl (C=O) groups is 1. The molecule has 0 aromatic heterocycles. The Morgan fingerprint density at radius 1 is 1.06 bits per heavy atom. The average molecular weight is 305 g/mol. The van der Waals surface area contributed by atoms with Crippen molar-refractivity contribution in [3.8, 4) is 0 Å². The summed E-state index contributed by atoms with van der Waals surface area (Å²) >= 11 is 3.30. The van der Waals surface area contributed by atoms with Crippen molar-refractivity contribution in [2.45, 2.75) is 0 Å². The van der Waals surface area contributed by atoms with Crippen molar-refractivity contribution in [1.82, 2.24) is 0 Å². The molecule has 0 saturated carbocycles. The first kappa shape index (κ1) is 12.7. The SMILES string of the molecule is O=C(/C=C\c1ccccc1F)c1ccc(Br)cc1. The van der Waals surface area contributed by atoms with Gasteiger partial charge in [0, 0.05) is 15.6 Å². The fourth-order valence-electron chi connectivity index (χ4n) is 1.49. The topological polar surface area (TPSA) is 17.1 Å². The van der Waals surface area contributed by atoms with E-state index in [0.29, 0.717) is 11.1 Å². The molecule has 1 nitrogen and oxygen atoms in total. The van der Waals surface area contributed by atoms with E-state index in [4.69, 9.17) is 0 Å². The monoisotopic (exact) mass is 304 g/mol. The summed E-state index contributed by atoms with van der Waals surface area (Å²) in [5.41, 5.74) is 0.980. The minimum absolute atomic E-state index is 0.147. The lowest BCUT2D eigenvalue weighted by molar-refractivity contribution is 0.104. The molecule has 2 aromatic rings. The van der Waals surface area contributed by atoms with Crippen LogP contribution in [0.1, 0.15) is 15.9 Å². The van der Waals surface area contributed by atoms with Gasteiger partial charge in [-0.05, 0) is 42.5 Å². The van der Waals surface area contributed by atoms with Gasteiger partial charge in [0.15, 0.2) is 5.78 Å². The maximum absolute atomic E-state index is 13.3. The fourth-order valence-corrected chi connectivity index (χ4v) is 1.75. The van der Waals surface area contributed by atoms with E-state index in [9.17, 15) is 9.18 Å². The minimum Gasteiger partial charge on any atom is -0.289 e. The highest BCUT2D eigenvalue weighted by Gasteiger charge is 2.02. The molecule has 0 radical (unpaired) electrons. The summed E-state index contributed by atoms with van der Waals surface area (Å²) in [5.74, 6) is -0.483. The first-order chi connectivity index (χ1) is 8.66. The smallest absolute Gasteiger partial charge is 0.185 e. The van der Waals surface area contributed by atoms with Crippen molar-refractivity contribution >= 4 is 27.8 Å². The summed E-state index contributed by atoms with van der Waals surface area (Å²) in [7, 11) is 0. The number of carbonyl (C=O) groups excluding carboxylic acids is 1. The molecule has 0 fully saturated rings. The highest BCUT2D eigenvalue weighted by molar-refractivity contribution is 9.10. The summed E-state index contributed by atoms with van der Waals surface area (Å²) in [6.07, 6.45) is 2.86. The van der Waals surface area contributed by atoms with Crippen LogP contribution in [0.4, 0.5) is 4.39 Å².